The summed E-state index contributed by atoms with van der Waals surface area (Å²) >= 11 is 0. The van der Waals surface area contributed by atoms with E-state index < -0.39 is 11.7 Å². The number of carbonyl (C=O) groups is 2. The largest absolute Gasteiger partial charge is 0.339 e. The van der Waals surface area contributed by atoms with E-state index in [2.05, 4.69) is 5.32 Å². The molecular formula is C20H21FN2O2. The van der Waals surface area contributed by atoms with Gasteiger partial charge in [0.25, 0.3) is 11.8 Å². The lowest BCUT2D eigenvalue weighted by Gasteiger charge is -2.19. The number of hydrogen-bond donors (Lipinski definition) is 1. The molecule has 1 heterocycles. The van der Waals surface area contributed by atoms with Gasteiger partial charge >= 0.3 is 0 Å². The molecule has 0 bridgehead atoms. The van der Waals surface area contributed by atoms with Crippen LogP contribution in [-0.2, 0) is 0 Å². The van der Waals surface area contributed by atoms with Crippen LogP contribution in [0.4, 0.5) is 10.1 Å². The number of amides is 2. The van der Waals surface area contributed by atoms with Crippen molar-refractivity contribution in [2.24, 2.45) is 0 Å². The minimum absolute atomic E-state index is 0.0685. The first-order valence-corrected chi connectivity index (χ1v) is 8.44. The van der Waals surface area contributed by atoms with Gasteiger partial charge in [0.15, 0.2) is 0 Å². The molecule has 1 fully saturated rings. The summed E-state index contributed by atoms with van der Waals surface area (Å²) in [6.45, 7) is 4.97. The van der Waals surface area contributed by atoms with Crippen molar-refractivity contribution in [2.45, 2.75) is 26.7 Å². The average molecular weight is 340 g/mol. The van der Waals surface area contributed by atoms with Gasteiger partial charge in [-0.25, -0.2) is 4.39 Å². The maximum absolute atomic E-state index is 13.7. The fourth-order valence-electron chi connectivity index (χ4n) is 3.06. The predicted molar refractivity (Wildman–Crippen MR) is 95.4 cm³/mol. The maximum Gasteiger partial charge on any atom is 0.256 e. The maximum atomic E-state index is 13.7. The van der Waals surface area contributed by atoms with Crippen molar-refractivity contribution in [3.63, 3.8) is 0 Å². The number of carbonyl (C=O) groups excluding carboxylic acids is 2. The lowest BCUT2D eigenvalue weighted by Crippen LogP contribution is -2.29. The van der Waals surface area contributed by atoms with Crippen LogP contribution in [0.1, 0.15) is 44.7 Å². The third-order valence-electron chi connectivity index (χ3n) is 4.56. The van der Waals surface area contributed by atoms with E-state index in [-0.39, 0.29) is 11.5 Å². The minimum atomic E-state index is -0.431. The molecule has 4 nitrogen and oxygen atoms in total. The lowest BCUT2D eigenvalue weighted by atomic mass is 10.0. The molecule has 0 saturated carbocycles. The Morgan fingerprint density at radius 3 is 2.44 bits per heavy atom. The summed E-state index contributed by atoms with van der Waals surface area (Å²) in [5, 5.41) is 2.77. The summed E-state index contributed by atoms with van der Waals surface area (Å²) < 4.78 is 13.7. The highest BCUT2D eigenvalue weighted by Gasteiger charge is 2.24. The zero-order valence-corrected chi connectivity index (χ0v) is 14.4. The Hall–Kier alpha value is -2.69. The quantitative estimate of drug-likeness (QED) is 0.920. The van der Waals surface area contributed by atoms with E-state index in [0.29, 0.717) is 16.8 Å². The van der Waals surface area contributed by atoms with E-state index in [4.69, 9.17) is 0 Å². The number of nitrogens with zero attached hydrogens (tertiary/aromatic N) is 1. The van der Waals surface area contributed by atoms with E-state index in [0.717, 1.165) is 31.5 Å². The summed E-state index contributed by atoms with van der Waals surface area (Å²) in [6.07, 6.45) is 2.00. The van der Waals surface area contributed by atoms with Crippen molar-refractivity contribution in [2.75, 3.05) is 18.4 Å². The smallest absolute Gasteiger partial charge is 0.256 e. The first kappa shape index (κ1) is 17.1. The van der Waals surface area contributed by atoms with Crippen LogP contribution in [0.15, 0.2) is 36.4 Å². The van der Waals surface area contributed by atoms with Gasteiger partial charge in [0, 0.05) is 18.7 Å². The highest BCUT2D eigenvalue weighted by Crippen LogP contribution is 2.24. The van der Waals surface area contributed by atoms with Crippen molar-refractivity contribution in [1.82, 2.24) is 4.90 Å². The molecule has 0 spiro atoms. The third kappa shape index (κ3) is 3.55. The van der Waals surface area contributed by atoms with Crippen LogP contribution in [0.5, 0.6) is 0 Å². The van der Waals surface area contributed by atoms with Crippen molar-refractivity contribution >= 4 is 17.5 Å². The molecule has 1 aliphatic heterocycles. The van der Waals surface area contributed by atoms with Gasteiger partial charge in [-0.2, -0.15) is 0 Å². The van der Waals surface area contributed by atoms with E-state index in [1.165, 1.54) is 6.07 Å². The van der Waals surface area contributed by atoms with Crippen molar-refractivity contribution in [3.8, 4) is 0 Å². The second kappa shape index (κ2) is 7.05. The molecule has 2 aromatic carbocycles. The molecule has 130 valence electrons. The van der Waals surface area contributed by atoms with E-state index in [1.807, 2.05) is 17.9 Å². The number of hydrogen-bond acceptors (Lipinski definition) is 2. The number of benzene rings is 2. The summed E-state index contributed by atoms with van der Waals surface area (Å²) in [4.78, 5) is 27.1. The monoisotopic (exact) mass is 340 g/mol. The second-order valence-electron chi connectivity index (χ2n) is 6.41. The summed E-state index contributed by atoms with van der Waals surface area (Å²) in [5.74, 6) is -0.925. The number of likely N-dealkylation sites (tertiary alicyclic amines) is 1. The Morgan fingerprint density at radius 1 is 1.04 bits per heavy atom. The van der Waals surface area contributed by atoms with Crippen LogP contribution in [0, 0.1) is 19.7 Å². The van der Waals surface area contributed by atoms with Crippen LogP contribution >= 0.6 is 0 Å². The second-order valence-corrected chi connectivity index (χ2v) is 6.41. The topological polar surface area (TPSA) is 49.4 Å². The van der Waals surface area contributed by atoms with Crippen LogP contribution in [0.2, 0.25) is 0 Å². The number of rotatable bonds is 3. The predicted octanol–water partition coefficient (Wildman–Crippen LogP) is 3.93. The number of anilines is 1. The Kier molecular flexibility index (Phi) is 4.83. The zero-order valence-electron chi connectivity index (χ0n) is 14.4. The molecule has 1 aliphatic rings. The Morgan fingerprint density at radius 2 is 1.76 bits per heavy atom. The molecule has 0 aromatic heterocycles. The molecule has 1 N–H and O–H groups in total. The first-order valence-electron chi connectivity index (χ1n) is 8.44. The van der Waals surface area contributed by atoms with E-state index in [9.17, 15) is 14.0 Å². The van der Waals surface area contributed by atoms with Crippen LogP contribution < -0.4 is 5.32 Å². The lowest BCUT2D eigenvalue weighted by molar-refractivity contribution is 0.0793. The van der Waals surface area contributed by atoms with Crippen LogP contribution in [0.25, 0.3) is 0 Å². The molecule has 0 radical (unpaired) electrons. The van der Waals surface area contributed by atoms with Gasteiger partial charge in [-0.3, -0.25) is 9.59 Å². The van der Waals surface area contributed by atoms with Gasteiger partial charge in [-0.1, -0.05) is 18.2 Å². The SMILES string of the molecule is Cc1ccc(C(=O)Nc2cccc(C)c2C(=O)N2CCCC2)cc1F. The molecule has 0 atom stereocenters. The number of halogens is 1. The Labute approximate surface area is 146 Å². The number of nitrogens with one attached hydrogen (secondary N) is 1. The molecule has 0 aliphatic carbocycles. The molecular weight excluding hydrogens is 319 g/mol. The van der Waals surface area contributed by atoms with E-state index >= 15 is 0 Å². The average Bonchev–Trinajstić information content (AvgIpc) is 3.11. The third-order valence-corrected chi connectivity index (χ3v) is 4.56. The minimum Gasteiger partial charge on any atom is -0.339 e. The Balaban J connectivity index is 1.89. The number of aryl methyl sites for hydroxylation is 2. The van der Waals surface area contributed by atoms with Gasteiger partial charge in [0.05, 0.1) is 11.3 Å². The summed E-state index contributed by atoms with van der Waals surface area (Å²) in [6, 6.07) is 9.70. The van der Waals surface area contributed by atoms with Gasteiger partial charge in [0.1, 0.15) is 5.82 Å². The molecule has 0 unspecified atom stereocenters. The normalized spacial score (nSPS) is 13.8. The Bertz CT molecular complexity index is 826. The fraction of sp³-hybridized carbons (Fsp3) is 0.300. The summed E-state index contributed by atoms with van der Waals surface area (Å²) in [5.41, 5.74) is 2.49. The van der Waals surface area contributed by atoms with Gasteiger partial charge in [-0.15, -0.1) is 0 Å². The van der Waals surface area contributed by atoms with Crippen molar-refractivity contribution in [3.05, 3.63) is 64.5 Å². The summed E-state index contributed by atoms with van der Waals surface area (Å²) in [7, 11) is 0. The molecule has 3 rings (SSSR count). The van der Waals surface area contributed by atoms with Crippen LogP contribution in [0.3, 0.4) is 0 Å². The molecule has 25 heavy (non-hydrogen) atoms. The molecule has 1 saturated heterocycles. The van der Waals surface area contributed by atoms with E-state index in [1.54, 1.807) is 31.2 Å². The fourth-order valence-corrected chi connectivity index (χ4v) is 3.06. The highest BCUT2D eigenvalue weighted by molar-refractivity contribution is 6.09. The van der Waals surface area contributed by atoms with Gasteiger partial charge in [-0.05, 0) is 56.0 Å². The van der Waals surface area contributed by atoms with Crippen molar-refractivity contribution < 1.29 is 14.0 Å². The molecule has 2 amide bonds. The molecule has 2 aromatic rings. The zero-order chi connectivity index (χ0) is 18.0. The standard InChI is InChI=1S/C20H21FN2O2/c1-13-8-9-15(12-16(13)21)19(24)22-17-7-5-6-14(2)18(17)20(25)23-10-3-4-11-23/h5-9,12H,3-4,10-11H2,1-2H3,(H,22,24). The van der Waals surface area contributed by atoms with Gasteiger partial charge < -0.3 is 10.2 Å². The highest BCUT2D eigenvalue weighted by atomic mass is 19.1. The van der Waals surface area contributed by atoms with Gasteiger partial charge in [0.2, 0.25) is 0 Å². The van der Waals surface area contributed by atoms with Crippen molar-refractivity contribution in [1.29, 1.82) is 0 Å². The molecule has 5 heteroatoms. The first-order chi connectivity index (χ1) is 12.0. The van der Waals surface area contributed by atoms with Crippen LogP contribution in [-0.4, -0.2) is 29.8 Å².